The molecule has 3 nitrogen and oxygen atoms in total. The normalized spacial score (nSPS) is 10.4. The van der Waals surface area contributed by atoms with E-state index in [-0.39, 0.29) is 16.4 Å². The minimum absolute atomic E-state index is 0.151. The van der Waals surface area contributed by atoms with Crippen LogP contribution in [0.2, 0.25) is 5.02 Å². The Morgan fingerprint density at radius 1 is 1.05 bits per heavy atom. The highest BCUT2D eigenvalue weighted by atomic mass is 35.5. The number of amides is 1. The van der Waals surface area contributed by atoms with Gasteiger partial charge in [-0.2, -0.15) is 0 Å². The molecular formula is C13H8ClF3N2O. The molecule has 7 heteroatoms. The number of nitrogen functional groups attached to an aromatic ring is 1. The second kappa shape index (κ2) is 5.42. The van der Waals surface area contributed by atoms with Gasteiger partial charge in [-0.3, -0.25) is 4.79 Å². The molecule has 104 valence electrons. The molecule has 0 fully saturated rings. The van der Waals surface area contributed by atoms with Crippen molar-refractivity contribution in [2.45, 2.75) is 0 Å². The number of hydrogen-bond acceptors (Lipinski definition) is 2. The molecule has 2 rings (SSSR count). The summed E-state index contributed by atoms with van der Waals surface area (Å²) in [5.74, 6) is -3.79. The van der Waals surface area contributed by atoms with Gasteiger partial charge >= 0.3 is 0 Å². The van der Waals surface area contributed by atoms with Crippen LogP contribution in [0.25, 0.3) is 0 Å². The van der Waals surface area contributed by atoms with Gasteiger partial charge in [0.15, 0.2) is 0 Å². The van der Waals surface area contributed by atoms with E-state index >= 15 is 0 Å². The Bertz CT molecular complexity index is 692. The van der Waals surface area contributed by atoms with Gasteiger partial charge in [0.1, 0.15) is 17.5 Å². The van der Waals surface area contributed by atoms with Gasteiger partial charge in [-0.25, -0.2) is 13.2 Å². The quantitative estimate of drug-likeness (QED) is 0.833. The molecule has 2 aromatic carbocycles. The molecule has 0 unspecified atom stereocenters. The fourth-order valence-corrected chi connectivity index (χ4v) is 1.68. The minimum Gasteiger partial charge on any atom is -0.396 e. The van der Waals surface area contributed by atoms with Crippen LogP contribution < -0.4 is 11.1 Å². The van der Waals surface area contributed by atoms with Gasteiger partial charge in [0.05, 0.1) is 16.9 Å². The van der Waals surface area contributed by atoms with E-state index in [0.29, 0.717) is 6.07 Å². The van der Waals surface area contributed by atoms with E-state index in [2.05, 4.69) is 5.32 Å². The second-order valence-corrected chi connectivity index (χ2v) is 4.37. The van der Waals surface area contributed by atoms with Crippen molar-refractivity contribution in [3.8, 4) is 0 Å². The van der Waals surface area contributed by atoms with E-state index < -0.39 is 28.9 Å². The van der Waals surface area contributed by atoms with Crippen molar-refractivity contribution in [2.24, 2.45) is 0 Å². The van der Waals surface area contributed by atoms with Gasteiger partial charge < -0.3 is 11.1 Å². The maximum Gasteiger partial charge on any atom is 0.258 e. The molecule has 0 aliphatic carbocycles. The van der Waals surface area contributed by atoms with Gasteiger partial charge in [0.25, 0.3) is 5.91 Å². The molecule has 0 radical (unpaired) electrons. The lowest BCUT2D eigenvalue weighted by Gasteiger charge is -2.08. The molecule has 1 amide bonds. The minimum atomic E-state index is -1.09. The lowest BCUT2D eigenvalue weighted by atomic mass is 10.1. The molecule has 0 saturated heterocycles. The summed E-state index contributed by atoms with van der Waals surface area (Å²) in [6.07, 6.45) is 0. The van der Waals surface area contributed by atoms with E-state index in [1.807, 2.05) is 0 Å². The number of carbonyl (C=O) groups is 1. The summed E-state index contributed by atoms with van der Waals surface area (Å²) in [6.45, 7) is 0. The maximum atomic E-state index is 13.5. The Hall–Kier alpha value is -2.21. The number of carbonyl (C=O) groups excluding carboxylic acids is 1. The highest BCUT2D eigenvalue weighted by Gasteiger charge is 2.16. The van der Waals surface area contributed by atoms with Crippen molar-refractivity contribution < 1.29 is 18.0 Å². The summed E-state index contributed by atoms with van der Waals surface area (Å²) in [5, 5.41) is 2.30. The van der Waals surface area contributed by atoms with Crippen molar-refractivity contribution in [2.75, 3.05) is 11.1 Å². The summed E-state index contributed by atoms with van der Waals surface area (Å²) < 4.78 is 40.0. The summed E-state index contributed by atoms with van der Waals surface area (Å²) >= 11 is 5.56. The summed E-state index contributed by atoms with van der Waals surface area (Å²) in [5.41, 5.74) is 4.21. The zero-order chi connectivity index (χ0) is 14.9. The molecule has 3 N–H and O–H groups in total. The molecule has 2 aromatic rings. The first-order valence-electron chi connectivity index (χ1n) is 5.39. The van der Waals surface area contributed by atoms with E-state index in [0.717, 1.165) is 12.1 Å². The fraction of sp³-hybridized carbons (Fsp3) is 0. The van der Waals surface area contributed by atoms with Crippen LogP contribution in [0.3, 0.4) is 0 Å². The van der Waals surface area contributed by atoms with E-state index in [1.165, 1.54) is 12.1 Å². The SMILES string of the molecule is Nc1cc(C(=O)Nc2ccc(Cl)cc2F)c(F)cc1F. The average Bonchev–Trinajstić information content (AvgIpc) is 2.37. The first-order valence-corrected chi connectivity index (χ1v) is 5.77. The molecule has 0 aliphatic heterocycles. The first kappa shape index (κ1) is 14.2. The molecule has 0 aromatic heterocycles. The van der Waals surface area contributed by atoms with E-state index in [4.69, 9.17) is 17.3 Å². The number of nitrogens with one attached hydrogen (secondary N) is 1. The standard InChI is InChI=1S/C13H8ClF3N2O/c14-6-1-2-12(10(17)3-6)19-13(20)7-4-11(18)9(16)5-8(7)15/h1-5H,18H2,(H,19,20). The van der Waals surface area contributed by atoms with Crippen LogP contribution in [0.15, 0.2) is 30.3 Å². The van der Waals surface area contributed by atoms with Gasteiger partial charge in [0.2, 0.25) is 0 Å². The van der Waals surface area contributed by atoms with E-state index in [9.17, 15) is 18.0 Å². The second-order valence-electron chi connectivity index (χ2n) is 3.93. The molecule has 0 atom stereocenters. The Labute approximate surface area is 117 Å². The lowest BCUT2D eigenvalue weighted by molar-refractivity contribution is 0.102. The van der Waals surface area contributed by atoms with Crippen molar-refractivity contribution >= 4 is 28.9 Å². The number of halogens is 4. The van der Waals surface area contributed by atoms with Crippen LogP contribution in [0, 0.1) is 17.5 Å². The van der Waals surface area contributed by atoms with Crippen LogP contribution in [-0.2, 0) is 0 Å². The van der Waals surface area contributed by atoms with Gasteiger partial charge in [-0.15, -0.1) is 0 Å². The predicted molar refractivity (Wildman–Crippen MR) is 70.1 cm³/mol. The van der Waals surface area contributed by atoms with Crippen LogP contribution >= 0.6 is 11.6 Å². The smallest absolute Gasteiger partial charge is 0.258 e. The fourth-order valence-electron chi connectivity index (χ4n) is 1.52. The van der Waals surface area contributed by atoms with Crippen molar-refractivity contribution in [1.29, 1.82) is 0 Å². The number of benzene rings is 2. The molecule has 0 aliphatic rings. The number of anilines is 2. The Kier molecular flexibility index (Phi) is 3.85. The molecular weight excluding hydrogens is 293 g/mol. The molecule has 0 saturated carbocycles. The Morgan fingerprint density at radius 3 is 2.40 bits per heavy atom. The monoisotopic (exact) mass is 300 g/mol. The van der Waals surface area contributed by atoms with Crippen molar-refractivity contribution in [1.82, 2.24) is 0 Å². The number of rotatable bonds is 2. The summed E-state index contributed by atoms with van der Waals surface area (Å²) in [6, 6.07) is 4.90. The van der Waals surface area contributed by atoms with Gasteiger partial charge in [-0.1, -0.05) is 11.6 Å². The Morgan fingerprint density at radius 2 is 1.75 bits per heavy atom. The first-order chi connectivity index (χ1) is 9.38. The zero-order valence-electron chi connectivity index (χ0n) is 9.88. The van der Waals surface area contributed by atoms with Crippen LogP contribution in [0.4, 0.5) is 24.5 Å². The Balaban J connectivity index is 2.31. The molecule has 0 heterocycles. The molecule has 0 bridgehead atoms. The number of nitrogens with two attached hydrogens (primary N) is 1. The van der Waals surface area contributed by atoms with Gasteiger partial charge in [-0.05, 0) is 24.3 Å². The molecule has 20 heavy (non-hydrogen) atoms. The van der Waals surface area contributed by atoms with Crippen molar-refractivity contribution in [3.63, 3.8) is 0 Å². The topological polar surface area (TPSA) is 55.1 Å². The van der Waals surface area contributed by atoms with E-state index in [1.54, 1.807) is 0 Å². The van der Waals surface area contributed by atoms with Crippen LogP contribution in [0.1, 0.15) is 10.4 Å². The number of hydrogen-bond donors (Lipinski definition) is 2. The molecule has 0 spiro atoms. The largest absolute Gasteiger partial charge is 0.396 e. The van der Waals surface area contributed by atoms with Crippen LogP contribution in [-0.4, -0.2) is 5.91 Å². The van der Waals surface area contributed by atoms with Crippen molar-refractivity contribution in [3.05, 3.63) is 58.4 Å². The third-order valence-corrected chi connectivity index (χ3v) is 2.75. The third kappa shape index (κ3) is 2.85. The average molecular weight is 301 g/mol. The maximum absolute atomic E-state index is 13.5. The van der Waals surface area contributed by atoms with Gasteiger partial charge in [0, 0.05) is 11.1 Å². The lowest BCUT2D eigenvalue weighted by Crippen LogP contribution is -2.15. The third-order valence-electron chi connectivity index (χ3n) is 2.51. The summed E-state index contributed by atoms with van der Waals surface area (Å²) in [4.78, 5) is 11.8. The predicted octanol–water partition coefficient (Wildman–Crippen LogP) is 3.59. The highest BCUT2D eigenvalue weighted by molar-refractivity contribution is 6.30. The summed E-state index contributed by atoms with van der Waals surface area (Å²) in [7, 11) is 0. The highest BCUT2D eigenvalue weighted by Crippen LogP contribution is 2.21. The van der Waals surface area contributed by atoms with Crippen LogP contribution in [0.5, 0.6) is 0 Å². The zero-order valence-corrected chi connectivity index (χ0v) is 10.6.